The molecule has 1 aliphatic heterocycles. The Balaban J connectivity index is 2.00. The Morgan fingerprint density at radius 3 is 2.32 bits per heavy atom. The fourth-order valence-electron chi connectivity index (χ4n) is 3.95. The SMILES string of the molecule is COc1cc(OC)c(/C(O)=C2\C(=O)C(=O)N(c3ccccc3OC)C2c2cccnc2)cc1Cl. The number of methoxy groups -OCH3 is 3. The highest BCUT2D eigenvalue weighted by molar-refractivity contribution is 6.52. The first kappa shape index (κ1) is 23.1. The van der Waals surface area contributed by atoms with Crippen molar-refractivity contribution in [2.75, 3.05) is 26.2 Å². The van der Waals surface area contributed by atoms with Crippen LogP contribution in [0.15, 0.2) is 66.5 Å². The van der Waals surface area contributed by atoms with E-state index in [1.54, 1.807) is 42.6 Å². The Labute approximate surface area is 201 Å². The third-order valence-electron chi connectivity index (χ3n) is 5.52. The summed E-state index contributed by atoms with van der Waals surface area (Å²) < 4.78 is 16.0. The third-order valence-corrected chi connectivity index (χ3v) is 5.81. The second kappa shape index (κ2) is 9.44. The Morgan fingerprint density at radius 1 is 0.971 bits per heavy atom. The molecule has 4 rings (SSSR count). The van der Waals surface area contributed by atoms with Crippen molar-refractivity contribution in [2.24, 2.45) is 0 Å². The van der Waals surface area contributed by atoms with Crippen LogP contribution < -0.4 is 19.1 Å². The summed E-state index contributed by atoms with van der Waals surface area (Å²) in [6.07, 6.45) is 3.11. The summed E-state index contributed by atoms with van der Waals surface area (Å²) in [5.74, 6) is -1.19. The fourth-order valence-corrected chi connectivity index (χ4v) is 4.19. The molecule has 0 spiro atoms. The van der Waals surface area contributed by atoms with Crippen LogP contribution in [-0.2, 0) is 9.59 Å². The monoisotopic (exact) mass is 480 g/mol. The van der Waals surface area contributed by atoms with Crippen molar-refractivity contribution in [3.8, 4) is 17.2 Å². The summed E-state index contributed by atoms with van der Waals surface area (Å²) in [6, 6.07) is 12.2. The number of ether oxygens (including phenoxy) is 3. The second-order valence-electron chi connectivity index (χ2n) is 7.31. The standard InChI is InChI=1S/C25H21ClN2O6/c1-32-18-9-5-4-8-17(18)28-22(14-7-6-10-27-13-14)21(24(30)25(28)31)23(29)15-11-16(26)20(34-3)12-19(15)33-2/h4-13,22,29H,1-3H3/b23-21+. The van der Waals surface area contributed by atoms with E-state index in [0.29, 0.717) is 22.7 Å². The number of para-hydroxylation sites is 2. The maximum absolute atomic E-state index is 13.3. The van der Waals surface area contributed by atoms with Crippen LogP contribution in [0.5, 0.6) is 17.2 Å². The van der Waals surface area contributed by atoms with Gasteiger partial charge in [-0.25, -0.2) is 0 Å². The summed E-state index contributed by atoms with van der Waals surface area (Å²) in [7, 11) is 4.32. The lowest BCUT2D eigenvalue weighted by atomic mass is 9.95. The molecule has 0 saturated carbocycles. The van der Waals surface area contributed by atoms with E-state index in [2.05, 4.69) is 4.98 Å². The molecule has 34 heavy (non-hydrogen) atoms. The number of Topliss-reactive ketones (excluding diaryl/α,β-unsaturated/α-hetero) is 1. The van der Waals surface area contributed by atoms with E-state index in [0.717, 1.165) is 0 Å². The minimum Gasteiger partial charge on any atom is -0.507 e. The number of nitrogens with zero attached hydrogens (tertiary/aromatic N) is 2. The molecule has 2 aromatic carbocycles. The molecule has 1 fully saturated rings. The highest BCUT2D eigenvalue weighted by Crippen LogP contribution is 2.46. The summed E-state index contributed by atoms with van der Waals surface area (Å²) in [5.41, 5.74) is 0.899. The van der Waals surface area contributed by atoms with E-state index in [-0.39, 0.29) is 21.9 Å². The van der Waals surface area contributed by atoms with Crippen molar-refractivity contribution in [1.82, 2.24) is 4.98 Å². The van der Waals surface area contributed by atoms with Crippen LogP contribution >= 0.6 is 11.6 Å². The van der Waals surface area contributed by atoms with E-state index in [9.17, 15) is 14.7 Å². The van der Waals surface area contributed by atoms with Crippen LogP contribution in [0.4, 0.5) is 5.69 Å². The predicted octanol–water partition coefficient (Wildman–Crippen LogP) is 4.39. The highest BCUT2D eigenvalue weighted by Gasteiger charge is 2.48. The van der Waals surface area contributed by atoms with Crippen molar-refractivity contribution in [1.29, 1.82) is 0 Å². The minimum absolute atomic E-state index is 0.136. The molecule has 174 valence electrons. The van der Waals surface area contributed by atoms with Gasteiger partial charge in [-0.15, -0.1) is 0 Å². The van der Waals surface area contributed by atoms with E-state index in [1.807, 2.05) is 0 Å². The lowest BCUT2D eigenvalue weighted by Gasteiger charge is -2.26. The molecule has 2 heterocycles. The van der Waals surface area contributed by atoms with Crippen molar-refractivity contribution in [3.05, 3.63) is 82.6 Å². The van der Waals surface area contributed by atoms with Crippen molar-refractivity contribution in [2.45, 2.75) is 6.04 Å². The van der Waals surface area contributed by atoms with Crippen LogP contribution in [-0.4, -0.2) is 43.1 Å². The zero-order valence-electron chi connectivity index (χ0n) is 18.6. The number of hydrogen-bond donors (Lipinski definition) is 1. The first-order valence-corrected chi connectivity index (χ1v) is 10.6. The van der Waals surface area contributed by atoms with Crippen LogP contribution in [0.1, 0.15) is 17.2 Å². The van der Waals surface area contributed by atoms with Gasteiger partial charge in [-0.1, -0.05) is 29.8 Å². The molecule has 3 aromatic rings. The summed E-state index contributed by atoms with van der Waals surface area (Å²) >= 11 is 6.29. The van der Waals surface area contributed by atoms with Gasteiger partial charge in [0.1, 0.15) is 23.0 Å². The quantitative estimate of drug-likeness (QED) is 0.317. The van der Waals surface area contributed by atoms with E-state index in [4.69, 9.17) is 25.8 Å². The number of anilines is 1. The number of rotatable bonds is 6. The normalized spacial score (nSPS) is 17.1. The van der Waals surface area contributed by atoms with E-state index in [1.165, 1.54) is 44.6 Å². The molecule has 9 heteroatoms. The van der Waals surface area contributed by atoms with Gasteiger partial charge in [-0.3, -0.25) is 19.5 Å². The van der Waals surface area contributed by atoms with Gasteiger partial charge in [0.15, 0.2) is 0 Å². The molecule has 1 atom stereocenters. The number of halogens is 1. The molecule has 8 nitrogen and oxygen atoms in total. The number of aliphatic hydroxyl groups is 1. The van der Waals surface area contributed by atoms with Crippen molar-refractivity contribution in [3.63, 3.8) is 0 Å². The predicted molar refractivity (Wildman–Crippen MR) is 127 cm³/mol. The number of carbonyl (C=O) groups is 2. The second-order valence-corrected chi connectivity index (χ2v) is 7.72. The molecule has 0 bridgehead atoms. The summed E-state index contributed by atoms with van der Waals surface area (Å²) in [5, 5.41) is 11.6. The number of carbonyl (C=O) groups excluding carboxylic acids is 2. The van der Waals surface area contributed by atoms with Crippen molar-refractivity contribution < 1.29 is 28.9 Å². The number of aromatic nitrogens is 1. The maximum atomic E-state index is 13.3. The van der Waals surface area contributed by atoms with Gasteiger partial charge < -0.3 is 19.3 Å². The average Bonchev–Trinajstić information content (AvgIpc) is 3.14. The fraction of sp³-hybridized carbons (Fsp3) is 0.160. The molecule has 1 saturated heterocycles. The van der Waals surface area contributed by atoms with Crippen LogP contribution in [0, 0.1) is 0 Å². The molecule has 0 aliphatic carbocycles. The van der Waals surface area contributed by atoms with Gasteiger partial charge in [0, 0.05) is 18.5 Å². The van der Waals surface area contributed by atoms with E-state index >= 15 is 0 Å². The smallest absolute Gasteiger partial charge is 0.300 e. The van der Waals surface area contributed by atoms with Gasteiger partial charge in [0.05, 0.1) is 49.2 Å². The molecule has 1 amide bonds. The molecule has 0 radical (unpaired) electrons. The molecule has 1 aliphatic rings. The van der Waals surface area contributed by atoms with Gasteiger partial charge in [0.2, 0.25) is 0 Å². The molecule has 1 unspecified atom stereocenters. The molecule has 1 N–H and O–H groups in total. The van der Waals surface area contributed by atoms with Gasteiger partial charge >= 0.3 is 0 Å². The summed E-state index contributed by atoms with van der Waals surface area (Å²) in [4.78, 5) is 32.1. The van der Waals surface area contributed by atoms with Gasteiger partial charge in [-0.2, -0.15) is 0 Å². The first-order chi connectivity index (χ1) is 16.4. The first-order valence-electron chi connectivity index (χ1n) is 10.2. The largest absolute Gasteiger partial charge is 0.507 e. The zero-order valence-corrected chi connectivity index (χ0v) is 19.4. The van der Waals surface area contributed by atoms with Gasteiger partial charge in [0.25, 0.3) is 11.7 Å². The average molecular weight is 481 g/mol. The Bertz CT molecular complexity index is 1290. The van der Waals surface area contributed by atoms with Crippen LogP contribution in [0.2, 0.25) is 5.02 Å². The van der Waals surface area contributed by atoms with E-state index < -0.39 is 23.5 Å². The number of pyridine rings is 1. The number of aliphatic hydroxyl groups excluding tert-OH is 1. The lowest BCUT2D eigenvalue weighted by molar-refractivity contribution is -0.132. The molecular formula is C25H21ClN2O6. The Kier molecular flexibility index (Phi) is 6.43. The summed E-state index contributed by atoms with van der Waals surface area (Å²) in [6.45, 7) is 0. The number of hydrogen-bond acceptors (Lipinski definition) is 7. The van der Waals surface area contributed by atoms with Crippen LogP contribution in [0.25, 0.3) is 5.76 Å². The van der Waals surface area contributed by atoms with Crippen molar-refractivity contribution >= 4 is 34.7 Å². The molecular weight excluding hydrogens is 460 g/mol. The minimum atomic E-state index is -0.976. The number of amides is 1. The third kappa shape index (κ3) is 3.82. The number of benzene rings is 2. The number of ketones is 1. The topological polar surface area (TPSA) is 98.2 Å². The lowest BCUT2D eigenvalue weighted by Crippen LogP contribution is -2.29. The van der Waals surface area contributed by atoms with Gasteiger partial charge in [-0.05, 0) is 29.8 Å². The maximum Gasteiger partial charge on any atom is 0.300 e. The highest BCUT2D eigenvalue weighted by atomic mass is 35.5. The van der Waals surface area contributed by atoms with Crippen LogP contribution in [0.3, 0.4) is 0 Å². The molecule has 1 aromatic heterocycles. The Morgan fingerprint density at radius 2 is 1.68 bits per heavy atom. The zero-order chi connectivity index (χ0) is 24.4. The Hall–Kier alpha value is -4.04.